The fraction of sp³-hybridized carbons (Fsp3) is 0.450. The summed E-state index contributed by atoms with van der Waals surface area (Å²) in [7, 11) is 3.87. The summed E-state index contributed by atoms with van der Waals surface area (Å²) in [5, 5.41) is 6.28. The van der Waals surface area contributed by atoms with Crippen LogP contribution in [0, 0.1) is 17.6 Å². The van der Waals surface area contributed by atoms with E-state index in [4.69, 9.17) is 0 Å². The Kier molecular flexibility index (Phi) is 8.13. The number of nitrogens with zero attached hydrogens (tertiary/aromatic N) is 3. The Hall–Kier alpha value is -2.48. The minimum atomic E-state index is -1.01. The molecule has 0 unspecified atom stereocenters. The predicted molar refractivity (Wildman–Crippen MR) is 112 cm³/mol. The molecule has 158 valence electrons. The lowest BCUT2D eigenvalue weighted by Crippen LogP contribution is -2.38. The predicted octanol–water partition coefficient (Wildman–Crippen LogP) is 3.64. The van der Waals surface area contributed by atoms with E-state index in [2.05, 4.69) is 20.6 Å². The van der Waals surface area contributed by atoms with E-state index in [1.807, 2.05) is 25.1 Å². The average molecular weight is 426 g/mol. The molecule has 0 saturated heterocycles. The number of hydrogen-bond acceptors (Lipinski definition) is 5. The highest BCUT2D eigenvalue weighted by molar-refractivity contribution is 5.94. The number of amides is 1. The number of benzene rings is 1. The fourth-order valence-corrected chi connectivity index (χ4v) is 3.35. The van der Waals surface area contributed by atoms with Crippen LogP contribution in [0.2, 0.25) is 0 Å². The van der Waals surface area contributed by atoms with E-state index >= 15 is 0 Å². The zero-order chi connectivity index (χ0) is 20.1. The van der Waals surface area contributed by atoms with Gasteiger partial charge in [0.15, 0.2) is 11.6 Å². The molecule has 0 radical (unpaired) electrons. The quantitative estimate of drug-likeness (QED) is 0.739. The van der Waals surface area contributed by atoms with Gasteiger partial charge in [-0.25, -0.2) is 18.7 Å². The standard InChI is InChI=1S/C20H25F2N5O.ClH/c1-27(2)19-10-18(24-12-25-19)23-11-13-3-6-15(7-4-13)26-20(28)14-5-8-16(21)17(22)9-14;/h5,8-10,12-13,15H,3-4,6-7,11H2,1-2H3,(H,26,28)(H,23,24,25);1H. The summed E-state index contributed by atoms with van der Waals surface area (Å²) in [5.74, 6) is -0.184. The van der Waals surface area contributed by atoms with E-state index in [0.717, 1.165) is 56.0 Å². The molecule has 0 spiro atoms. The van der Waals surface area contributed by atoms with Crippen molar-refractivity contribution in [1.29, 1.82) is 0 Å². The normalized spacial score (nSPS) is 18.5. The van der Waals surface area contributed by atoms with Crippen LogP contribution >= 0.6 is 12.4 Å². The number of carbonyl (C=O) groups is 1. The van der Waals surface area contributed by atoms with Crippen molar-refractivity contribution in [2.24, 2.45) is 5.92 Å². The molecule has 0 aliphatic heterocycles. The fourth-order valence-electron chi connectivity index (χ4n) is 3.35. The van der Waals surface area contributed by atoms with Crippen LogP contribution in [0.15, 0.2) is 30.6 Å². The first-order chi connectivity index (χ1) is 13.4. The first-order valence-corrected chi connectivity index (χ1v) is 9.41. The topological polar surface area (TPSA) is 70.2 Å². The molecule has 1 fully saturated rings. The molecule has 0 bridgehead atoms. The molecule has 1 aromatic carbocycles. The summed E-state index contributed by atoms with van der Waals surface area (Å²) in [6.07, 6.45) is 5.20. The largest absolute Gasteiger partial charge is 0.370 e. The summed E-state index contributed by atoms with van der Waals surface area (Å²) in [6.45, 7) is 0.813. The monoisotopic (exact) mass is 425 g/mol. The summed E-state index contributed by atoms with van der Waals surface area (Å²) in [5.41, 5.74) is 0.142. The Morgan fingerprint density at radius 2 is 1.83 bits per heavy atom. The van der Waals surface area contributed by atoms with Gasteiger partial charge in [-0.05, 0) is 49.8 Å². The molecule has 2 N–H and O–H groups in total. The third kappa shape index (κ3) is 6.25. The number of nitrogens with one attached hydrogen (secondary N) is 2. The molecule has 1 amide bonds. The lowest BCUT2D eigenvalue weighted by Gasteiger charge is -2.29. The number of carbonyl (C=O) groups excluding carboxylic acids is 1. The number of anilines is 2. The summed E-state index contributed by atoms with van der Waals surface area (Å²) in [4.78, 5) is 22.6. The van der Waals surface area contributed by atoms with Crippen LogP contribution < -0.4 is 15.5 Å². The summed E-state index contributed by atoms with van der Waals surface area (Å²) >= 11 is 0. The second-order valence-corrected chi connectivity index (χ2v) is 7.36. The highest BCUT2D eigenvalue weighted by Crippen LogP contribution is 2.25. The minimum absolute atomic E-state index is 0. The van der Waals surface area contributed by atoms with E-state index in [1.165, 1.54) is 6.07 Å². The second kappa shape index (κ2) is 10.3. The molecule has 1 aliphatic carbocycles. The maximum Gasteiger partial charge on any atom is 0.251 e. The van der Waals surface area contributed by atoms with Crippen LogP contribution in [0.4, 0.5) is 20.4 Å². The van der Waals surface area contributed by atoms with Gasteiger partial charge in [0.2, 0.25) is 0 Å². The van der Waals surface area contributed by atoms with Crippen molar-refractivity contribution in [2.45, 2.75) is 31.7 Å². The van der Waals surface area contributed by atoms with Crippen molar-refractivity contribution >= 4 is 29.9 Å². The second-order valence-electron chi connectivity index (χ2n) is 7.36. The molecule has 9 heteroatoms. The van der Waals surface area contributed by atoms with Crippen LogP contribution in [0.25, 0.3) is 0 Å². The zero-order valence-corrected chi connectivity index (χ0v) is 17.3. The molecule has 1 saturated carbocycles. The van der Waals surface area contributed by atoms with Crippen molar-refractivity contribution < 1.29 is 13.6 Å². The van der Waals surface area contributed by atoms with Crippen molar-refractivity contribution in [2.75, 3.05) is 30.9 Å². The van der Waals surface area contributed by atoms with Crippen LogP contribution in [-0.4, -0.2) is 42.6 Å². The Balaban J connectivity index is 0.00000300. The number of rotatable bonds is 6. The Morgan fingerprint density at radius 1 is 1.10 bits per heavy atom. The maximum absolute atomic E-state index is 13.3. The van der Waals surface area contributed by atoms with Gasteiger partial charge in [-0.3, -0.25) is 4.79 Å². The van der Waals surface area contributed by atoms with E-state index in [-0.39, 0.29) is 29.9 Å². The first kappa shape index (κ1) is 22.8. The van der Waals surface area contributed by atoms with Crippen molar-refractivity contribution in [3.05, 3.63) is 47.8 Å². The zero-order valence-electron chi connectivity index (χ0n) is 16.5. The van der Waals surface area contributed by atoms with Gasteiger partial charge in [0.25, 0.3) is 5.91 Å². The van der Waals surface area contributed by atoms with Gasteiger partial charge in [0.05, 0.1) is 0 Å². The molecular formula is C20H26ClF2N5O. The Bertz CT molecular complexity index is 828. The maximum atomic E-state index is 13.3. The highest BCUT2D eigenvalue weighted by Gasteiger charge is 2.23. The lowest BCUT2D eigenvalue weighted by molar-refractivity contribution is 0.0922. The molecule has 3 rings (SSSR count). The van der Waals surface area contributed by atoms with Crippen molar-refractivity contribution in [3.8, 4) is 0 Å². The van der Waals surface area contributed by atoms with Gasteiger partial charge in [-0.1, -0.05) is 0 Å². The van der Waals surface area contributed by atoms with E-state index in [1.54, 1.807) is 6.33 Å². The van der Waals surface area contributed by atoms with Gasteiger partial charge in [0.1, 0.15) is 18.0 Å². The van der Waals surface area contributed by atoms with Gasteiger partial charge in [-0.15, -0.1) is 12.4 Å². The molecule has 1 heterocycles. The van der Waals surface area contributed by atoms with Crippen LogP contribution in [0.5, 0.6) is 0 Å². The third-order valence-corrected chi connectivity index (χ3v) is 5.05. The summed E-state index contributed by atoms with van der Waals surface area (Å²) < 4.78 is 26.3. The van der Waals surface area contributed by atoms with Gasteiger partial charge in [-0.2, -0.15) is 0 Å². The van der Waals surface area contributed by atoms with Crippen LogP contribution in [-0.2, 0) is 0 Å². The smallest absolute Gasteiger partial charge is 0.251 e. The van der Waals surface area contributed by atoms with Crippen molar-refractivity contribution in [1.82, 2.24) is 15.3 Å². The van der Waals surface area contributed by atoms with E-state index in [9.17, 15) is 13.6 Å². The number of halogens is 3. The molecule has 1 aliphatic rings. The number of aromatic nitrogens is 2. The highest BCUT2D eigenvalue weighted by atomic mass is 35.5. The SMILES string of the molecule is CN(C)c1cc(NCC2CCC(NC(=O)c3ccc(F)c(F)c3)CC2)ncn1.Cl. The van der Waals surface area contributed by atoms with Gasteiger partial charge < -0.3 is 15.5 Å². The Morgan fingerprint density at radius 3 is 2.48 bits per heavy atom. The van der Waals surface area contributed by atoms with Crippen LogP contribution in [0.1, 0.15) is 36.0 Å². The van der Waals surface area contributed by atoms with Gasteiger partial charge in [0, 0.05) is 38.3 Å². The Labute approximate surface area is 175 Å². The van der Waals surface area contributed by atoms with Crippen molar-refractivity contribution in [3.63, 3.8) is 0 Å². The minimum Gasteiger partial charge on any atom is -0.370 e. The van der Waals surface area contributed by atoms with E-state index in [0.29, 0.717) is 5.92 Å². The van der Waals surface area contributed by atoms with E-state index < -0.39 is 11.6 Å². The molecule has 2 aromatic rings. The molecule has 29 heavy (non-hydrogen) atoms. The summed E-state index contributed by atoms with van der Waals surface area (Å²) in [6, 6.07) is 5.17. The third-order valence-electron chi connectivity index (χ3n) is 5.05. The molecule has 1 aromatic heterocycles. The molecule has 0 atom stereocenters. The number of hydrogen-bond donors (Lipinski definition) is 2. The lowest BCUT2D eigenvalue weighted by atomic mass is 9.86. The average Bonchev–Trinajstić information content (AvgIpc) is 2.69. The van der Waals surface area contributed by atoms with Gasteiger partial charge >= 0.3 is 0 Å². The van der Waals surface area contributed by atoms with Crippen LogP contribution in [0.3, 0.4) is 0 Å². The molecular weight excluding hydrogens is 400 g/mol. The molecule has 6 nitrogen and oxygen atoms in total. The first-order valence-electron chi connectivity index (χ1n) is 9.41.